The number of halogens is 2. The highest BCUT2D eigenvalue weighted by atomic mass is 19.1. The van der Waals surface area contributed by atoms with Gasteiger partial charge in [-0.1, -0.05) is 6.58 Å². The van der Waals surface area contributed by atoms with E-state index < -0.39 is 35.4 Å². The van der Waals surface area contributed by atoms with Crippen LogP contribution in [0.25, 0.3) is 0 Å². The summed E-state index contributed by atoms with van der Waals surface area (Å²) in [6.07, 6.45) is 8.51. The van der Waals surface area contributed by atoms with Crippen LogP contribution in [-0.2, 0) is 4.74 Å². The van der Waals surface area contributed by atoms with E-state index in [4.69, 9.17) is 10.5 Å². The van der Waals surface area contributed by atoms with Crippen LogP contribution in [0.15, 0.2) is 48.9 Å². The predicted molar refractivity (Wildman–Crippen MR) is 157 cm³/mol. The van der Waals surface area contributed by atoms with E-state index >= 15 is 0 Å². The zero-order chi connectivity index (χ0) is 31.3. The second kappa shape index (κ2) is 13.5. The zero-order valence-corrected chi connectivity index (χ0v) is 25.0. The van der Waals surface area contributed by atoms with Gasteiger partial charge >= 0.3 is 12.1 Å². The molecule has 4 amide bonds. The third-order valence-corrected chi connectivity index (χ3v) is 7.73. The Kier molecular flexibility index (Phi) is 10.0. The molecule has 2 aliphatic heterocycles. The Bertz CT molecular complexity index is 1250. The lowest BCUT2D eigenvalue weighted by Crippen LogP contribution is -2.50. The SMILES string of the molecule is C=C/C(F)=C\C=C(\F)C[C@H]1CN(c2ncc(C(=O)N(C3CC3)C3CCN(C(N)=O)CC3)cn2)C[C@@H]1NC(=O)OC(C)(C)C. The molecule has 0 bridgehead atoms. The first kappa shape index (κ1) is 31.9. The van der Waals surface area contributed by atoms with Crippen LogP contribution >= 0.6 is 0 Å². The molecular formula is C30H41F2N7O4. The smallest absolute Gasteiger partial charge is 0.407 e. The Balaban J connectivity index is 1.46. The summed E-state index contributed by atoms with van der Waals surface area (Å²) in [4.78, 5) is 51.8. The number of nitrogens with zero attached hydrogens (tertiary/aromatic N) is 5. The van der Waals surface area contributed by atoms with Gasteiger partial charge in [-0.15, -0.1) is 0 Å². The summed E-state index contributed by atoms with van der Waals surface area (Å²) in [5.41, 5.74) is 5.06. The summed E-state index contributed by atoms with van der Waals surface area (Å²) in [6, 6.07) is -0.776. The molecule has 43 heavy (non-hydrogen) atoms. The van der Waals surface area contributed by atoms with Gasteiger partial charge in [0.05, 0.1) is 11.6 Å². The summed E-state index contributed by atoms with van der Waals surface area (Å²) in [5.74, 6) is -1.41. The second-order valence-corrected chi connectivity index (χ2v) is 12.3. The number of nitrogens with one attached hydrogen (secondary N) is 1. The number of hydrogen-bond donors (Lipinski definition) is 2. The molecule has 13 heteroatoms. The third-order valence-electron chi connectivity index (χ3n) is 7.73. The molecule has 0 spiro atoms. The number of hydrogen-bond acceptors (Lipinski definition) is 7. The number of anilines is 1. The Morgan fingerprint density at radius 2 is 1.72 bits per heavy atom. The number of piperidine rings is 1. The minimum atomic E-state index is -0.714. The number of primary amides is 1. The van der Waals surface area contributed by atoms with Crippen molar-refractivity contribution in [3.8, 4) is 0 Å². The number of likely N-dealkylation sites (tertiary alicyclic amines) is 1. The molecule has 3 fully saturated rings. The Morgan fingerprint density at radius 1 is 1.09 bits per heavy atom. The predicted octanol–water partition coefficient (Wildman–Crippen LogP) is 4.24. The van der Waals surface area contributed by atoms with Crippen molar-refractivity contribution in [3.63, 3.8) is 0 Å². The van der Waals surface area contributed by atoms with Crippen LogP contribution in [0.2, 0.25) is 0 Å². The molecule has 2 saturated heterocycles. The van der Waals surface area contributed by atoms with Crippen molar-refractivity contribution in [1.82, 2.24) is 25.1 Å². The number of urea groups is 1. The van der Waals surface area contributed by atoms with Crippen LogP contribution in [0.1, 0.15) is 63.2 Å². The molecule has 0 radical (unpaired) electrons. The summed E-state index contributed by atoms with van der Waals surface area (Å²) in [7, 11) is 0. The van der Waals surface area contributed by atoms with Gasteiger partial charge in [0.1, 0.15) is 17.3 Å². The molecular weight excluding hydrogens is 560 g/mol. The van der Waals surface area contributed by atoms with E-state index in [9.17, 15) is 23.2 Å². The molecule has 1 saturated carbocycles. The number of carbonyl (C=O) groups is 3. The Morgan fingerprint density at radius 3 is 2.28 bits per heavy atom. The van der Waals surface area contributed by atoms with Gasteiger partial charge in [-0.3, -0.25) is 4.79 Å². The van der Waals surface area contributed by atoms with E-state index in [2.05, 4.69) is 21.9 Å². The van der Waals surface area contributed by atoms with Crippen LogP contribution in [0.5, 0.6) is 0 Å². The van der Waals surface area contributed by atoms with Gasteiger partial charge in [-0.25, -0.2) is 28.3 Å². The minimum absolute atomic E-state index is 0.00653. The quantitative estimate of drug-likeness (QED) is 0.405. The average Bonchev–Trinajstić information content (AvgIpc) is 3.72. The van der Waals surface area contributed by atoms with Gasteiger partial charge in [0.25, 0.3) is 5.91 Å². The van der Waals surface area contributed by atoms with E-state index in [-0.39, 0.29) is 36.9 Å². The Hall–Kier alpha value is -4.03. The van der Waals surface area contributed by atoms with Gasteiger partial charge in [0, 0.05) is 63.0 Å². The molecule has 11 nitrogen and oxygen atoms in total. The first-order chi connectivity index (χ1) is 20.3. The molecule has 1 aromatic heterocycles. The van der Waals surface area contributed by atoms with Crippen molar-refractivity contribution < 1.29 is 27.9 Å². The number of carbonyl (C=O) groups excluding carboxylic acids is 3. The van der Waals surface area contributed by atoms with Gasteiger partial charge in [0.2, 0.25) is 5.95 Å². The summed E-state index contributed by atoms with van der Waals surface area (Å²) >= 11 is 0. The van der Waals surface area contributed by atoms with Crippen LogP contribution in [0, 0.1) is 5.92 Å². The molecule has 3 heterocycles. The maximum atomic E-state index is 14.7. The lowest BCUT2D eigenvalue weighted by Gasteiger charge is -2.38. The average molecular weight is 602 g/mol. The van der Waals surface area contributed by atoms with Crippen molar-refractivity contribution in [1.29, 1.82) is 0 Å². The molecule has 1 aromatic rings. The third kappa shape index (κ3) is 8.74. The van der Waals surface area contributed by atoms with Crippen LogP contribution < -0.4 is 16.0 Å². The molecule has 0 aromatic carbocycles. The molecule has 4 rings (SSSR count). The molecule has 0 unspecified atom stereocenters. The van der Waals surface area contributed by atoms with Crippen molar-refractivity contribution in [2.24, 2.45) is 11.7 Å². The van der Waals surface area contributed by atoms with Crippen molar-refractivity contribution in [2.75, 3.05) is 31.1 Å². The Labute approximate surface area is 250 Å². The monoisotopic (exact) mass is 601 g/mol. The van der Waals surface area contributed by atoms with Gasteiger partial charge in [-0.05, 0) is 64.7 Å². The number of ether oxygens (including phenoxy) is 1. The van der Waals surface area contributed by atoms with Crippen LogP contribution in [0.3, 0.4) is 0 Å². The number of aromatic nitrogens is 2. The van der Waals surface area contributed by atoms with Crippen molar-refractivity contribution in [2.45, 2.75) is 76.6 Å². The number of amides is 4. The molecule has 1 aliphatic carbocycles. The largest absolute Gasteiger partial charge is 0.444 e. The number of nitrogens with two attached hydrogens (primary N) is 1. The fraction of sp³-hybridized carbons (Fsp3) is 0.567. The standard InChI is InChI=1S/C30H41F2N7O4/c1-5-21(31)6-7-22(32)14-19-17-38(18-25(19)36-29(42)43-30(2,3)4)28-34-15-20(16-35-28)26(40)39(23-8-9-23)24-10-12-37(13-11-24)27(33)41/h5-7,15-16,19,23-25H,1,8-14,17-18H2,2-4H3,(H2,33,41)(H,36,42)/b21-6+,22-7+/t19-,25-/m0/s1. The second-order valence-electron chi connectivity index (χ2n) is 12.3. The number of allylic oxidation sites excluding steroid dienone is 5. The van der Waals surface area contributed by atoms with E-state index in [1.165, 1.54) is 12.4 Å². The summed E-state index contributed by atoms with van der Waals surface area (Å²) in [6.45, 7) is 10.2. The van der Waals surface area contributed by atoms with E-state index in [1.54, 1.807) is 25.7 Å². The lowest BCUT2D eigenvalue weighted by molar-refractivity contribution is 0.0495. The summed E-state index contributed by atoms with van der Waals surface area (Å²) in [5, 5.41) is 2.83. The van der Waals surface area contributed by atoms with Crippen molar-refractivity contribution in [3.05, 3.63) is 54.4 Å². The highest BCUT2D eigenvalue weighted by Gasteiger charge is 2.40. The van der Waals surface area contributed by atoms with E-state index in [0.717, 1.165) is 31.1 Å². The molecule has 234 valence electrons. The van der Waals surface area contributed by atoms with Gasteiger partial charge < -0.3 is 30.5 Å². The van der Waals surface area contributed by atoms with E-state index in [0.29, 0.717) is 44.0 Å². The van der Waals surface area contributed by atoms with Crippen LogP contribution in [-0.4, -0.2) is 87.7 Å². The minimum Gasteiger partial charge on any atom is -0.444 e. The molecule has 3 N–H and O–H groups in total. The number of rotatable bonds is 9. The molecule has 3 aliphatic rings. The maximum Gasteiger partial charge on any atom is 0.407 e. The topological polar surface area (TPSA) is 134 Å². The first-order valence-electron chi connectivity index (χ1n) is 14.6. The fourth-order valence-corrected chi connectivity index (χ4v) is 5.51. The fourth-order valence-electron chi connectivity index (χ4n) is 5.51. The first-order valence-corrected chi connectivity index (χ1v) is 14.6. The summed E-state index contributed by atoms with van der Waals surface area (Å²) < 4.78 is 33.5. The van der Waals surface area contributed by atoms with Crippen molar-refractivity contribution >= 4 is 24.0 Å². The highest BCUT2D eigenvalue weighted by Crippen LogP contribution is 2.33. The zero-order valence-electron chi connectivity index (χ0n) is 25.0. The lowest BCUT2D eigenvalue weighted by atomic mass is 9.99. The van der Waals surface area contributed by atoms with Gasteiger partial charge in [0.15, 0.2) is 0 Å². The number of alkyl carbamates (subject to hydrolysis) is 1. The normalized spacial score (nSPS) is 21.9. The highest BCUT2D eigenvalue weighted by molar-refractivity contribution is 5.94. The maximum absolute atomic E-state index is 14.7. The van der Waals surface area contributed by atoms with Gasteiger partial charge in [-0.2, -0.15) is 0 Å². The van der Waals surface area contributed by atoms with Crippen LogP contribution in [0.4, 0.5) is 24.3 Å². The van der Waals surface area contributed by atoms with E-state index in [1.807, 2.05) is 9.80 Å². The molecule has 2 atom stereocenters.